The largest absolute Gasteiger partial charge is 0.361 e. The predicted molar refractivity (Wildman–Crippen MR) is 69.5 cm³/mol. The molecule has 0 aliphatic heterocycles. The van der Waals surface area contributed by atoms with E-state index in [0.717, 1.165) is 18.8 Å². The van der Waals surface area contributed by atoms with Crippen molar-refractivity contribution < 1.29 is 9.32 Å². The molecular weight excluding hydrogens is 228 g/mol. The summed E-state index contributed by atoms with van der Waals surface area (Å²) in [4.78, 5) is 12.2. The summed E-state index contributed by atoms with van der Waals surface area (Å²) in [7, 11) is 0. The van der Waals surface area contributed by atoms with Crippen molar-refractivity contribution in [3.63, 3.8) is 0 Å². The predicted octanol–water partition coefficient (Wildman–Crippen LogP) is 2.99. The molecule has 1 N–H and O–H groups in total. The van der Waals surface area contributed by atoms with Gasteiger partial charge in [0.05, 0.1) is 5.69 Å². The zero-order chi connectivity index (χ0) is 13.1. The van der Waals surface area contributed by atoms with E-state index in [-0.39, 0.29) is 5.91 Å². The van der Waals surface area contributed by atoms with Crippen LogP contribution in [0.5, 0.6) is 0 Å². The van der Waals surface area contributed by atoms with Crippen molar-refractivity contribution in [1.29, 1.82) is 0 Å². The van der Waals surface area contributed by atoms with Crippen molar-refractivity contribution >= 4 is 5.91 Å². The zero-order valence-corrected chi connectivity index (χ0v) is 11.5. The van der Waals surface area contributed by atoms with Crippen molar-refractivity contribution in [2.24, 2.45) is 5.92 Å². The molecule has 0 radical (unpaired) electrons. The summed E-state index contributed by atoms with van der Waals surface area (Å²) < 4.78 is 5.03. The SMILES string of the molecule is CCC1CCC(NC(=O)c2c(C)noc2C)CC1. The number of rotatable bonds is 3. The highest BCUT2D eigenvalue weighted by atomic mass is 16.5. The van der Waals surface area contributed by atoms with Crippen LogP contribution in [0.3, 0.4) is 0 Å². The zero-order valence-electron chi connectivity index (χ0n) is 11.5. The van der Waals surface area contributed by atoms with Crippen LogP contribution in [0.2, 0.25) is 0 Å². The Morgan fingerprint density at radius 3 is 2.50 bits per heavy atom. The molecule has 0 spiro atoms. The van der Waals surface area contributed by atoms with Gasteiger partial charge in [0, 0.05) is 6.04 Å². The van der Waals surface area contributed by atoms with E-state index in [1.807, 2.05) is 0 Å². The molecule has 18 heavy (non-hydrogen) atoms. The Labute approximate surface area is 108 Å². The molecule has 0 aromatic carbocycles. The summed E-state index contributed by atoms with van der Waals surface area (Å²) in [5, 5.41) is 6.93. The third-order valence-electron chi connectivity index (χ3n) is 4.02. The highest BCUT2D eigenvalue weighted by Gasteiger charge is 2.24. The first-order valence-corrected chi connectivity index (χ1v) is 6.85. The molecular formula is C14H22N2O2. The van der Waals surface area contributed by atoms with Crippen LogP contribution in [0.25, 0.3) is 0 Å². The average Bonchev–Trinajstić information content (AvgIpc) is 2.70. The van der Waals surface area contributed by atoms with Gasteiger partial charge in [-0.15, -0.1) is 0 Å². The van der Waals surface area contributed by atoms with E-state index in [2.05, 4.69) is 17.4 Å². The Bertz CT molecular complexity index is 398. The Morgan fingerprint density at radius 1 is 1.33 bits per heavy atom. The molecule has 4 nitrogen and oxygen atoms in total. The summed E-state index contributed by atoms with van der Waals surface area (Å²) in [6, 6.07) is 0.314. The average molecular weight is 250 g/mol. The molecule has 1 saturated carbocycles. The molecule has 0 unspecified atom stereocenters. The number of carbonyl (C=O) groups is 1. The topological polar surface area (TPSA) is 55.1 Å². The van der Waals surface area contributed by atoms with Crippen molar-refractivity contribution in [3.05, 3.63) is 17.0 Å². The molecule has 100 valence electrons. The van der Waals surface area contributed by atoms with Gasteiger partial charge in [-0.1, -0.05) is 18.5 Å². The lowest BCUT2D eigenvalue weighted by molar-refractivity contribution is 0.0919. The number of hydrogen-bond donors (Lipinski definition) is 1. The van der Waals surface area contributed by atoms with E-state index in [0.29, 0.717) is 23.1 Å². The first kappa shape index (κ1) is 13.1. The molecule has 2 rings (SSSR count). The fourth-order valence-electron chi connectivity index (χ4n) is 2.78. The highest BCUT2D eigenvalue weighted by molar-refractivity contribution is 5.96. The van der Waals surface area contributed by atoms with E-state index in [1.54, 1.807) is 13.8 Å². The van der Waals surface area contributed by atoms with E-state index in [9.17, 15) is 4.79 Å². The second-order valence-electron chi connectivity index (χ2n) is 5.30. The Morgan fingerprint density at radius 2 is 2.00 bits per heavy atom. The van der Waals surface area contributed by atoms with Crippen LogP contribution in [-0.2, 0) is 0 Å². The lowest BCUT2D eigenvalue weighted by atomic mass is 9.84. The lowest BCUT2D eigenvalue weighted by Crippen LogP contribution is -2.38. The van der Waals surface area contributed by atoms with Gasteiger partial charge in [-0.2, -0.15) is 0 Å². The fourth-order valence-corrected chi connectivity index (χ4v) is 2.78. The molecule has 1 aliphatic rings. The molecule has 1 aromatic rings. The van der Waals surface area contributed by atoms with Crippen LogP contribution < -0.4 is 5.32 Å². The van der Waals surface area contributed by atoms with Crippen molar-refractivity contribution in [2.45, 2.75) is 58.9 Å². The lowest BCUT2D eigenvalue weighted by Gasteiger charge is -2.28. The number of nitrogens with zero attached hydrogens (tertiary/aromatic N) is 1. The summed E-state index contributed by atoms with van der Waals surface area (Å²) in [5.41, 5.74) is 1.28. The monoisotopic (exact) mass is 250 g/mol. The first-order valence-electron chi connectivity index (χ1n) is 6.85. The van der Waals surface area contributed by atoms with Crippen LogP contribution in [0.1, 0.15) is 60.8 Å². The number of hydrogen-bond acceptors (Lipinski definition) is 3. The molecule has 1 fully saturated rings. The van der Waals surface area contributed by atoms with E-state index in [1.165, 1.54) is 19.3 Å². The summed E-state index contributed by atoms with van der Waals surface area (Å²) in [6.07, 6.45) is 5.89. The van der Waals surface area contributed by atoms with Crippen LogP contribution in [0.4, 0.5) is 0 Å². The molecule has 0 saturated heterocycles. The van der Waals surface area contributed by atoms with Gasteiger partial charge in [0.1, 0.15) is 11.3 Å². The van der Waals surface area contributed by atoms with Crippen molar-refractivity contribution in [2.75, 3.05) is 0 Å². The molecule has 0 atom stereocenters. The van der Waals surface area contributed by atoms with Crippen molar-refractivity contribution in [3.8, 4) is 0 Å². The normalized spacial score (nSPS) is 23.9. The molecule has 0 bridgehead atoms. The number of aryl methyl sites for hydroxylation is 2. The molecule has 1 aliphatic carbocycles. The smallest absolute Gasteiger partial charge is 0.257 e. The van der Waals surface area contributed by atoms with E-state index in [4.69, 9.17) is 4.52 Å². The standard InChI is InChI=1S/C14H22N2O2/c1-4-11-5-7-12(8-6-11)15-14(17)13-9(2)16-18-10(13)3/h11-12H,4-8H2,1-3H3,(H,15,17). The Kier molecular flexibility index (Phi) is 4.04. The van der Waals surface area contributed by atoms with Crippen LogP contribution >= 0.6 is 0 Å². The van der Waals surface area contributed by atoms with Gasteiger partial charge in [-0.05, 0) is 45.4 Å². The summed E-state index contributed by atoms with van der Waals surface area (Å²) in [6.45, 7) is 5.83. The number of aromatic nitrogens is 1. The minimum absolute atomic E-state index is 0.0359. The minimum atomic E-state index is -0.0359. The Hall–Kier alpha value is -1.32. The summed E-state index contributed by atoms with van der Waals surface area (Å²) in [5.74, 6) is 1.41. The Balaban J connectivity index is 1.93. The van der Waals surface area contributed by atoms with Gasteiger partial charge in [-0.25, -0.2) is 0 Å². The second kappa shape index (κ2) is 5.55. The first-order chi connectivity index (χ1) is 8.61. The van der Waals surface area contributed by atoms with Crippen LogP contribution in [0, 0.1) is 19.8 Å². The summed E-state index contributed by atoms with van der Waals surface area (Å²) >= 11 is 0. The maximum absolute atomic E-state index is 12.2. The fraction of sp³-hybridized carbons (Fsp3) is 0.714. The highest BCUT2D eigenvalue weighted by Crippen LogP contribution is 2.26. The van der Waals surface area contributed by atoms with E-state index < -0.39 is 0 Å². The third-order valence-corrected chi connectivity index (χ3v) is 4.02. The third kappa shape index (κ3) is 2.74. The van der Waals surface area contributed by atoms with E-state index >= 15 is 0 Å². The second-order valence-corrected chi connectivity index (χ2v) is 5.30. The van der Waals surface area contributed by atoms with Crippen LogP contribution in [0.15, 0.2) is 4.52 Å². The van der Waals surface area contributed by atoms with Gasteiger partial charge < -0.3 is 9.84 Å². The van der Waals surface area contributed by atoms with Gasteiger partial charge in [0.25, 0.3) is 5.91 Å². The molecule has 1 aromatic heterocycles. The molecule has 4 heteroatoms. The number of carbonyl (C=O) groups excluding carboxylic acids is 1. The quantitative estimate of drug-likeness (QED) is 0.897. The van der Waals surface area contributed by atoms with Gasteiger partial charge in [0.2, 0.25) is 0 Å². The maximum Gasteiger partial charge on any atom is 0.257 e. The van der Waals surface area contributed by atoms with Gasteiger partial charge >= 0.3 is 0 Å². The molecule has 1 amide bonds. The number of nitrogens with one attached hydrogen (secondary N) is 1. The number of amides is 1. The van der Waals surface area contributed by atoms with Gasteiger partial charge in [0.15, 0.2) is 0 Å². The minimum Gasteiger partial charge on any atom is -0.361 e. The molecule has 1 heterocycles. The van der Waals surface area contributed by atoms with Crippen LogP contribution in [-0.4, -0.2) is 17.1 Å². The van der Waals surface area contributed by atoms with Crippen molar-refractivity contribution in [1.82, 2.24) is 10.5 Å². The maximum atomic E-state index is 12.2. The van der Waals surface area contributed by atoms with Gasteiger partial charge in [-0.3, -0.25) is 4.79 Å².